The second-order valence-electron chi connectivity index (χ2n) is 4.92. The molecule has 0 radical (unpaired) electrons. The van der Waals surface area contributed by atoms with Crippen LogP contribution in [0.3, 0.4) is 0 Å². The first-order valence-electron chi connectivity index (χ1n) is 5.68. The molecule has 0 saturated carbocycles. The van der Waals surface area contributed by atoms with Gasteiger partial charge < -0.3 is 4.74 Å². The first kappa shape index (κ1) is 9.82. The van der Waals surface area contributed by atoms with Crippen LogP contribution in [0.25, 0.3) is 0 Å². The molecule has 78 valence electrons. The van der Waals surface area contributed by atoms with Crippen LogP contribution in [-0.2, 0) is 4.74 Å². The molecule has 1 heteroatoms. The van der Waals surface area contributed by atoms with Gasteiger partial charge in [-0.3, -0.25) is 0 Å². The van der Waals surface area contributed by atoms with Crippen molar-refractivity contribution in [1.29, 1.82) is 0 Å². The van der Waals surface area contributed by atoms with Crippen LogP contribution in [0.4, 0.5) is 0 Å². The van der Waals surface area contributed by atoms with Gasteiger partial charge in [0.05, 0.1) is 12.4 Å². The van der Waals surface area contributed by atoms with E-state index in [-0.39, 0.29) is 5.41 Å². The summed E-state index contributed by atoms with van der Waals surface area (Å²) in [6.45, 7) is 7.46. The van der Waals surface area contributed by atoms with Gasteiger partial charge in [0.1, 0.15) is 0 Å². The number of allylic oxidation sites excluding steroid dienone is 4. The molecular formula is C13H20O. The molecular weight excluding hydrogens is 172 g/mol. The van der Waals surface area contributed by atoms with E-state index in [0.29, 0.717) is 11.8 Å². The van der Waals surface area contributed by atoms with E-state index >= 15 is 0 Å². The normalized spacial score (nSPS) is 33.8. The highest BCUT2D eigenvalue weighted by molar-refractivity contribution is 5.22. The van der Waals surface area contributed by atoms with Crippen molar-refractivity contribution in [2.45, 2.75) is 33.6 Å². The fourth-order valence-electron chi connectivity index (χ4n) is 2.56. The molecule has 0 aromatic rings. The van der Waals surface area contributed by atoms with E-state index in [1.54, 1.807) is 0 Å². The van der Waals surface area contributed by atoms with Crippen LogP contribution in [-0.4, -0.2) is 6.61 Å². The van der Waals surface area contributed by atoms with Crippen LogP contribution < -0.4 is 0 Å². The van der Waals surface area contributed by atoms with Gasteiger partial charge in [0.2, 0.25) is 0 Å². The minimum Gasteiger partial charge on any atom is -0.498 e. The molecule has 0 aromatic carbocycles. The molecule has 0 spiro atoms. The first-order valence-corrected chi connectivity index (χ1v) is 5.68. The molecule has 0 aliphatic heterocycles. The van der Waals surface area contributed by atoms with Crippen LogP contribution in [0.1, 0.15) is 33.6 Å². The van der Waals surface area contributed by atoms with Crippen LogP contribution in [0.15, 0.2) is 24.0 Å². The predicted molar refractivity (Wildman–Crippen MR) is 58.8 cm³/mol. The minimum absolute atomic E-state index is 0.192. The Morgan fingerprint density at radius 1 is 1.36 bits per heavy atom. The molecule has 2 atom stereocenters. The average Bonchev–Trinajstić information content (AvgIpc) is 2.34. The van der Waals surface area contributed by atoms with Gasteiger partial charge in [-0.1, -0.05) is 26.0 Å². The van der Waals surface area contributed by atoms with Crippen LogP contribution in [0.5, 0.6) is 0 Å². The molecule has 0 fully saturated rings. The molecule has 0 saturated heterocycles. The Morgan fingerprint density at radius 3 is 2.71 bits per heavy atom. The molecule has 2 bridgehead atoms. The van der Waals surface area contributed by atoms with E-state index in [1.165, 1.54) is 18.6 Å². The Bertz CT molecular complexity index is 273. The summed E-state index contributed by atoms with van der Waals surface area (Å²) in [6.07, 6.45) is 9.66. The monoisotopic (exact) mass is 192 g/mol. The van der Waals surface area contributed by atoms with Gasteiger partial charge in [0.15, 0.2) is 0 Å². The topological polar surface area (TPSA) is 9.23 Å². The van der Waals surface area contributed by atoms with Gasteiger partial charge >= 0.3 is 0 Å². The molecule has 0 heterocycles. The Balaban J connectivity index is 2.32. The van der Waals surface area contributed by atoms with Crippen LogP contribution in [0.2, 0.25) is 0 Å². The number of rotatable bonds is 2. The van der Waals surface area contributed by atoms with Crippen LogP contribution >= 0.6 is 0 Å². The maximum atomic E-state index is 5.78. The van der Waals surface area contributed by atoms with Gasteiger partial charge in [-0.05, 0) is 37.7 Å². The van der Waals surface area contributed by atoms with Gasteiger partial charge in [0.25, 0.3) is 0 Å². The summed E-state index contributed by atoms with van der Waals surface area (Å²) in [4.78, 5) is 0. The summed E-state index contributed by atoms with van der Waals surface area (Å²) in [5, 5.41) is 0. The third-order valence-electron chi connectivity index (χ3n) is 3.63. The fourth-order valence-corrected chi connectivity index (χ4v) is 2.56. The Morgan fingerprint density at radius 2 is 2.14 bits per heavy atom. The van der Waals surface area contributed by atoms with Crippen molar-refractivity contribution < 1.29 is 4.74 Å². The fraction of sp³-hybridized carbons (Fsp3) is 0.692. The van der Waals surface area contributed by atoms with E-state index in [0.717, 1.165) is 6.61 Å². The maximum absolute atomic E-state index is 5.78. The van der Waals surface area contributed by atoms with Crippen molar-refractivity contribution >= 4 is 0 Å². The zero-order valence-corrected chi connectivity index (χ0v) is 9.42. The van der Waals surface area contributed by atoms with Crippen molar-refractivity contribution in [3.8, 4) is 0 Å². The second kappa shape index (κ2) is 3.45. The van der Waals surface area contributed by atoms with Gasteiger partial charge in [0, 0.05) is 5.41 Å². The van der Waals surface area contributed by atoms with Crippen molar-refractivity contribution in [3.05, 3.63) is 24.0 Å². The summed E-state index contributed by atoms with van der Waals surface area (Å²) in [5.74, 6) is 2.49. The minimum atomic E-state index is 0.192. The average molecular weight is 192 g/mol. The van der Waals surface area contributed by atoms with Crippen molar-refractivity contribution in [2.24, 2.45) is 17.3 Å². The summed E-state index contributed by atoms with van der Waals surface area (Å²) in [7, 11) is 0. The largest absolute Gasteiger partial charge is 0.498 e. The Hall–Kier alpha value is -0.720. The summed E-state index contributed by atoms with van der Waals surface area (Å²) >= 11 is 0. The molecule has 0 aromatic heterocycles. The highest BCUT2D eigenvalue weighted by Crippen LogP contribution is 2.46. The maximum Gasteiger partial charge on any atom is 0.0987 e. The van der Waals surface area contributed by atoms with Crippen molar-refractivity contribution in [1.82, 2.24) is 0 Å². The molecule has 0 amide bonds. The zero-order chi connectivity index (χ0) is 10.2. The van der Waals surface area contributed by atoms with Crippen molar-refractivity contribution in [2.75, 3.05) is 6.61 Å². The zero-order valence-electron chi connectivity index (χ0n) is 9.42. The van der Waals surface area contributed by atoms with Crippen LogP contribution in [0, 0.1) is 17.3 Å². The van der Waals surface area contributed by atoms with Gasteiger partial charge in [-0.25, -0.2) is 0 Å². The number of fused-ring (bicyclic) bond motifs is 2. The lowest BCUT2D eigenvalue weighted by molar-refractivity contribution is 0.127. The lowest BCUT2D eigenvalue weighted by atomic mass is 9.75. The third-order valence-corrected chi connectivity index (χ3v) is 3.63. The van der Waals surface area contributed by atoms with E-state index < -0.39 is 0 Å². The van der Waals surface area contributed by atoms with Crippen molar-refractivity contribution in [3.63, 3.8) is 0 Å². The first-order chi connectivity index (χ1) is 6.64. The number of ether oxygens (including phenoxy) is 1. The lowest BCUT2D eigenvalue weighted by Gasteiger charge is -2.33. The second-order valence-corrected chi connectivity index (χ2v) is 4.92. The van der Waals surface area contributed by atoms with Gasteiger partial charge in [-0.15, -0.1) is 0 Å². The lowest BCUT2D eigenvalue weighted by Crippen LogP contribution is -2.25. The molecule has 2 unspecified atom stereocenters. The summed E-state index contributed by atoms with van der Waals surface area (Å²) < 4.78 is 5.78. The molecule has 0 N–H and O–H groups in total. The van der Waals surface area contributed by atoms with E-state index in [2.05, 4.69) is 39.0 Å². The molecule has 3 aliphatic rings. The smallest absolute Gasteiger partial charge is 0.0987 e. The molecule has 1 nitrogen and oxygen atoms in total. The Labute approximate surface area is 86.8 Å². The number of hydrogen-bond acceptors (Lipinski definition) is 1. The van der Waals surface area contributed by atoms with E-state index in [9.17, 15) is 0 Å². The van der Waals surface area contributed by atoms with E-state index in [1.807, 2.05) is 0 Å². The Kier molecular flexibility index (Phi) is 2.42. The predicted octanol–water partition coefficient (Wildman–Crippen LogP) is 3.53. The third kappa shape index (κ3) is 1.49. The summed E-state index contributed by atoms with van der Waals surface area (Å²) in [6, 6.07) is 0. The quantitative estimate of drug-likeness (QED) is 0.608. The van der Waals surface area contributed by atoms with E-state index in [4.69, 9.17) is 4.74 Å². The molecule has 3 rings (SSSR count). The summed E-state index contributed by atoms with van der Waals surface area (Å²) in [5.41, 5.74) is 0.192. The molecule has 14 heavy (non-hydrogen) atoms. The number of hydrogen-bond donors (Lipinski definition) is 0. The molecule has 3 aliphatic carbocycles. The van der Waals surface area contributed by atoms with Gasteiger partial charge in [-0.2, -0.15) is 0 Å². The highest BCUT2D eigenvalue weighted by Gasteiger charge is 2.37. The SMILES string of the molecule is CCOC1=CC2C=CC(CC2)C1(C)C. The standard InChI is InChI=1S/C13H20O/c1-4-14-12-9-10-5-7-11(8-6-10)13(12,2)3/h5,7,9-11H,4,6,8H2,1-3H3. The highest BCUT2D eigenvalue weighted by atomic mass is 16.5.